The number of carboxylic acid groups (broad SMARTS) is 4. The van der Waals surface area contributed by atoms with Crippen LogP contribution in [0.3, 0.4) is 0 Å². The molecule has 45 heavy (non-hydrogen) atoms. The van der Waals surface area contributed by atoms with Crippen LogP contribution in [0.1, 0.15) is 41.4 Å². The van der Waals surface area contributed by atoms with Gasteiger partial charge in [-0.3, -0.25) is 0 Å². The molecule has 8 N–H and O–H groups in total. The summed E-state index contributed by atoms with van der Waals surface area (Å²) < 4.78 is 0. The third-order valence-electron chi connectivity index (χ3n) is 4.78. The number of carbonyl (C=O) groups is 4. The van der Waals surface area contributed by atoms with Crippen molar-refractivity contribution in [3.05, 3.63) is 95.1 Å². The van der Waals surface area contributed by atoms with Gasteiger partial charge in [-0.2, -0.15) is 0 Å². The molecule has 17 heteroatoms. The standard InChI is InChI=1S/4C7H6O4.Pb/c4*8-4-1-2-5(7(10)11)6(9)3-4;/h4*1-3,8-9H,(H,10,11);/p-4. The summed E-state index contributed by atoms with van der Waals surface area (Å²) in [7, 11) is 0. The molecule has 4 aromatic rings. The minimum Gasteiger partial charge on any atom is -0.872 e. The average Bonchev–Trinajstić information content (AvgIpc) is 2.89. The Balaban J connectivity index is 0.000000569. The normalized spacial score (nSPS) is 9.24. The summed E-state index contributed by atoms with van der Waals surface area (Å²) in [6.07, 6.45) is 0. The predicted molar refractivity (Wildman–Crippen MR) is 144 cm³/mol. The van der Waals surface area contributed by atoms with E-state index in [1.807, 2.05) is 0 Å². The van der Waals surface area contributed by atoms with Gasteiger partial charge in [0.2, 0.25) is 0 Å². The Morgan fingerprint density at radius 3 is 0.644 bits per heavy atom. The summed E-state index contributed by atoms with van der Waals surface area (Å²) in [5.41, 5.74) is -1.32. The Labute approximate surface area is 272 Å². The quantitative estimate of drug-likeness (QED) is 0.128. The first kappa shape index (κ1) is 39.1. The Bertz CT molecular complexity index is 1420. The van der Waals surface area contributed by atoms with Gasteiger partial charge >= 0.3 is 23.9 Å². The monoisotopic (exact) mass is 820 g/mol. The molecule has 0 saturated carbocycles. The van der Waals surface area contributed by atoms with Gasteiger partial charge in [0.05, 0.1) is 22.3 Å². The van der Waals surface area contributed by atoms with E-state index in [2.05, 4.69) is 0 Å². The summed E-state index contributed by atoms with van der Waals surface area (Å²) >= 11 is 0. The molecule has 0 unspecified atom stereocenters. The molecular weight excluding hydrogens is 799 g/mol. The zero-order valence-corrected chi connectivity index (χ0v) is 26.2. The van der Waals surface area contributed by atoms with E-state index in [-0.39, 0.29) is 72.6 Å². The second-order valence-corrected chi connectivity index (χ2v) is 7.94. The molecule has 236 valence electrons. The minimum absolute atomic E-state index is 0. The summed E-state index contributed by atoms with van der Waals surface area (Å²) in [6.45, 7) is 0. The average molecular weight is 820 g/mol. The van der Waals surface area contributed by atoms with Crippen LogP contribution in [0.15, 0.2) is 72.8 Å². The SMILES string of the molecule is O=C(O)c1ccc(O)cc1[O-].O=C(O)c1ccc(O)cc1[O-].O=C(O)c1ccc(O)cc1[O-].O=C(O)c1ccc(O)cc1[O-].[Pb]. The van der Waals surface area contributed by atoms with Crippen LogP contribution >= 0.6 is 0 Å². The molecule has 0 aliphatic carbocycles. The fourth-order valence-electron chi connectivity index (χ4n) is 2.75. The number of aromatic hydroxyl groups is 4. The van der Waals surface area contributed by atoms with Crippen molar-refractivity contribution in [2.24, 2.45) is 0 Å². The molecule has 0 aliphatic rings. The Kier molecular flexibility index (Phi) is 15.5. The largest absolute Gasteiger partial charge is 0.872 e. The van der Waals surface area contributed by atoms with Gasteiger partial charge in [0.25, 0.3) is 0 Å². The Hall–Kier alpha value is -5.92. The maximum atomic E-state index is 10.7. The Morgan fingerprint density at radius 2 is 0.533 bits per heavy atom. The fourth-order valence-corrected chi connectivity index (χ4v) is 2.75. The number of rotatable bonds is 4. The van der Waals surface area contributed by atoms with Crippen LogP contribution in [0, 0.1) is 0 Å². The van der Waals surface area contributed by atoms with E-state index in [0.29, 0.717) is 0 Å². The van der Waals surface area contributed by atoms with Gasteiger partial charge in [0.1, 0.15) is 23.0 Å². The van der Waals surface area contributed by atoms with Gasteiger partial charge in [-0.15, -0.1) is 0 Å². The van der Waals surface area contributed by atoms with Gasteiger partial charge in [-0.25, -0.2) is 19.2 Å². The fraction of sp³-hybridized carbons (Fsp3) is 0. The van der Waals surface area contributed by atoms with Crippen LogP contribution in [0.25, 0.3) is 0 Å². The minimum atomic E-state index is -1.28. The van der Waals surface area contributed by atoms with Gasteiger partial charge < -0.3 is 61.3 Å². The predicted octanol–water partition coefficient (Wildman–Crippen LogP) is 0.275. The van der Waals surface area contributed by atoms with E-state index >= 15 is 0 Å². The second-order valence-electron chi connectivity index (χ2n) is 7.94. The van der Waals surface area contributed by atoms with Crippen molar-refractivity contribution in [3.8, 4) is 46.0 Å². The molecule has 0 aromatic heterocycles. The third kappa shape index (κ3) is 12.9. The number of hydrogen-bond acceptors (Lipinski definition) is 12. The Morgan fingerprint density at radius 1 is 0.378 bits per heavy atom. The number of aromatic carboxylic acids is 4. The van der Waals surface area contributed by atoms with Crippen LogP contribution < -0.4 is 20.4 Å². The van der Waals surface area contributed by atoms with Crippen molar-refractivity contribution >= 4 is 51.2 Å². The van der Waals surface area contributed by atoms with Crippen molar-refractivity contribution in [1.82, 2.24) is 0 Å². The first-order chi connectivity index (χ1) is 20.4. The number of phenols is 4. The van der Waals surface area contributed by atoms with Crippen molar-refractivity contribution in [1.29, 1.82) is 0 Å². The van der Waals surface area contributed by atoms with E-state index in [4.69, 9.17) is 40.9 Å². The topological polar surface area (TPSA) is 322 Å². The first-order valence-electron chi connectivity index (χ1n) is 11.4. The molecule has 16 nitrogen and oxygen atoms in total. The van der Waals surface area contributed by atoms with Crippen LogP contribution in [0.2, 0.25) is 0 Å². The number of benzene rings is 4. The smallest absolute Gasteiger partial charge is 0.335 e. The van der Waals surface area contributed by atoms with Gasteiger partial charge in [-0.05, 0) is 72.8 Å². The third-order valence-corrected chi connectivity index (χ3v) is 4.78. The molecule has 0 fully saturated rings. The molecule has 0 spiro atoms. The molecular formula is C28H20O16Pb-4. The maximum Gasteiger partial charge on any atom is 0.335 e. The molecule has 0 aliphatic heterocycles. The summed E-state index contributed by atoms with van der Waals surface area (Å²) in [5, 5.41) is 111. The van der Waals surface area contributed by atoms with E-state index in [1.54, 1.807) is 0 Å². The molecule has 0 saturated heterocycles. The number of phenolic OH excluding ortho intramolecular Hbond substituents is 4. The van der Waals surface area contributed by atoms with Gasteiger partial charge in [0, 0.05) is 27.3 Å². The van der Waals surface area contributed by atoms with Crippen molar-refractivity contribution < 1.29 is 80.5 Å². The molecule has 0 bridgehead atoms. The van der Waals surface area contributed by atoms with Crippen molar-refractivity contribution in [2.45, 2.75) is 0 Å². The summed E-state index contributed by atoms with van der Waals surface area (Å²) in [4.78, 5) is 41.0. The second kappa shape index (κ2) is 17.9. The molecule has 4 rings (SSSR count). The molecule has 4 radical (unpaired) electrons. The summed E-state index contributed by atoms with van der Waals surface area (Å²) in [5.74, 6) is -8.75. The first-order valence-corrected chi connectivity index (χ1v) is 11.4. The van der Waals surface area contributed by atoms with Crippen LogP contribution in [0.5, 0.6) is 46.0 Å². The zero-order valence-electron chi connectivity index (χ0n) is 22.3. The number of hydrogen-bond donors (Lipinski definition) is 8. The van der Waals surface area contributed by atoms with Crippen molar-refractivity contribution in [3.63, 3.8) is 0 Å². The zero-order chi connectivity index (χ0) is 33.7. The van der Waals surface area contributed by atoms with E-state index in [1.165, 1.54) is 0 Å². The number of carboxylic acids is 4. The van der Waals surface area contributed by atoms with E-state index in [0.717, 1.165) is 72.8 Å². The van der Waals surface area contributed by atoms with Gasteiger partial charge in [0.15, 0.2) is 0 Å². The van der Waals surface area contributed by atoms with Gasteiger partial charge in [-0.1, -0.05) is 23.0 Å². The molecule has 0 atom stereocenters. The van der Waals surface area contributed by atoms with Crippen molar-refractivity contribution in [2.75, 3.05) is 0 Å². The maximum absolute atomic E-state index is 10.7. The summed E-state index contributed by atoms with van der Waals surface area (Å²) in [6, 6.07) is 12.4. The van der Waals surface area contributed by atoms with Crippen LogP contribution in [-0.4, -0.2) is 92.0 Å². The molecule has 4 aromatic carbocycles. The molecule has 0 heterocycles. The van der Waals surface area contributed by atoms with E-state index < -0.39 is 46.9 Å². The van der Waals surface area contributed by atoms with E-state index in [9.17, 15) is 39.6 Å². The molecule has 0 amide bonds. The van der Waals surface area contributed by atoms with Crippen LogP contribution in [-0.2, 0) is 0 Å². The van der Waals surface area contributed by atoms with Crippen LogP contribution in [0.4, 0.5) is 0 Å².